The van der Waals surface area contributed by atoms with E-state index < -0.39 is 0 Å². The highest BCUT2D eigenvalue weighted by Crippen LogP contribution is 2.29. The Morgan fingerprint density at radius 1 is 1.35 bits per heavy atom. The predicted molar refractivity (Wildman–Crippen MR) is 67.4 cm³/mol. The molecule has 1 N–H and O–H groups in total. The summed E-state index contributed by atoms with van der Waals surface area (Å²) in [6, 6.07) is 6.43. The van der Waals surface area contributed by atoms with Crippen LogP contribution in [0.2, 0.25) is 0 Å². The van der Waals surface area contributed by atoms with Crippen molar-refractivity contribution in [2.45, 2.75) is 18.9 Å². The van der Waals surface area contributed by atoms with E-state index in [1.54, 1.807) is 7.11 Å². The van der Waals surface area contributed by atoms with Crippen LogP contribution in [0.1, 0.15) is 12.8 Å². The number of rotatable bonds is 3. The fourth-order valence-corrected chi connectivity index (χ4v) is 2.93. The van der Waals surface area contributed by atoms with Gasteiger partial charge in [0.05, 0.1) is 7.11 Å². The minimum atomic E-state index is 0.553. The van der Waals surface area contributed by atoms with Gasteiger partial charge in [0.25, 0.3) is 0 Å². The molecule has 0 spiro atoms. The molecule has 4 heteroatoms. The van der Waals surface area contributed by atoms with Gasteiger partial charge in [-0.2, -0.15) is 4.98 Å². The maximum absolute atomic E-state index is 5.14. The molecule has 3 aliphatic rings. The van der Waals surface area contributed by atoms with Crippen LogP contribution in [0.4, 0.5) is 5.82 Å². The molecule has 0 aromatic carbocycles. The molecular weight excluding hydrogens is 214 g/mol. The van der Waals surface area contributed by atoms with Gasteiger partial charge >= 0.3 is 0 Å². The largest absolute Gasteiger partial charge is 0.481 e. The number of anilines is 1. The van der Waals surface area contributed by atoms with Gasteiger partial charge in [-0.25, -0.2) is 0 Å². The maximum atomic E-state index is 5.14. The van der Waals surface area contributed by atoms with Gasteiger partial charge in [0.15, 0.2) is 0 Å². The molecule has 4 rings (SSSR count). The average molecular weight is 233 g/mol. The van der Waals surface area contributed by atoms with E-state index >= 15 is 0 Å². The summed E-state index contributed by atoms with van der Waals surface area (Å²) < 4.78 is 5.14. The van der Waals surface area contributed by atoms with Crippen molar-refractivity contribution in [2.75, 3.05) is 32.1 Å². The molecule has 0 amide bonds. The number of piperidine rings is 3. The monoisotopic (exact) mass is 233 g/mol. The van der Waals surface area contributed by atoms with E-state index in [1.807, 2.05) is 18.2 Å². The SMILES string of the molecule is COc1cccc(NC2CN3CCC2CC3)n1. The molecular formula is C13H19N3O. The van der Waals surface area contributed by atoms with Crippen molar-refractivity contribution in [1.29, 1.82) is 0 Å². The Morgan fingerprint density at radius 3 is 2.82 bits per heavy atom. The van der Waals surface area contributed by atoms with Crippen molar-refractivity contribution in [3.8, 4) is 5.88 Å². The molecule has 1 aromatic heterocycles. The summed E-state index contributed by atoms with van der Waals surface area (Å²) in [6.45, 7) is 3.70. The number of hydrogen-bond acceptors (Lipinski definition) is 4. The van der Waals surface area contributed by atoms with Crippen LogP contribution in [-0.2, 0) is 0 Å². The molecule has 1 aromatic rings. The number of pyridine rings is 1. The van der Waals surface area contributed by atoms with Crippen molar-refractivity contribution in [2.24, 2.45) is 5.92 Å². The molecule has 0 aliphatic carbocycles. The lowest BCUT2D eigenvalue weighted by Crippen LogP contribution is -2.53. The first kappa shape index (κ1) is 10.8. The molecule has 0 saturated carbocycles. The second kappa shape index (κ2) is 4.53. The second-order valence-electron chi connectivity index (χ2n) is 4.95. The Kier molecular flexibility index (Phi) is 2.89. The number of methoxy groups -OCH3 is 1. The minimum absolute atomic E-state index is 0.553. The van der Waals surface area contributed by atoms with E-state index in [0.29, 0.717) is 11.9 Å². The Balaban J connectivity index is 1.70. The summed E-state index contributed by atoms with van der Waals surface area (Å²) in [5.74, 6) is 2.42. The standard InChI is InChI=1S/C13H19N3O/c1-17-13-4-2-3-12(15-13)14-11-9-16-7-5-10(11)6-8-16/h2-4,10-11H,5-9H2,1H3,(H,14,15). The molecule has 1 unspecified atom stereocenters. The van der Waals surface area contributed by atoms with Crippen molar-refractivity contribution >= 4 is 5.82 Å². The Bertz CT molecular complexity index is 388. The van der Waals surface area contributed by atoms with E-state index in [-0.39, 0.29) is 0 Å². The van der Waals surface area contributed by atoms with Crippen LogP contribution >= 0.6 is 0 Å². The summed E-state index contributed by atoms with van der Waals surface area (Å²) in [4.78, 5) is 6.96. The molecule has 3 fully saturated rings. The molecule has 3 saturated heterocycles. The molecule has 92 valence electrons. The highest BCUT2D eigenvalue weighted by atomic mass is 16.5. The number of nitrogens with one attached hydrogen (secondary N) is 1. The van der Waals surface area contributed by atoms with E-state index in [0.717, 1.165) is 18.3 Å². The summed E-state index contributed by atoms with van der Waals surface area (Å²) in [6.07, 6.45) is 2.64. The zero-order valence-corrected chi connectivity index (χ0v) is 10.2. The lowest BCUT2D eigenvalue weighted by Gasteiger charge is -2.45. The number of fused-ring (bicyclic) bond motifs is 3. The number of ether oxygens (including phenoxy) is 1. The van der Waals surface area contributed by atoms with Crippen molar-refractivity contribution in [3.05, 3.63) is 18.2 Å². The lowest BCUT2D eigenvalue weighted by molar-refractivity contribution is 0.0973. The first-order chi connectivity index (χ1) is 8.35. The fraction of sp³-hybridized carbons (Fsp3) is 0.615. The third-order valence-corrected chi connectivity index (χ3v) is 3.92. The molecule has 3 aliphatic heterocycles. The van der Waals surface area contributed by atoms with Crippen LogP contribution in [0.15, 0.2) is 18.2 Å². The number of hydrogen-bond donors (Lipinski definition) is 1. The van der Waals surface area contributed by atoms with E-state index in [4.69, 9.17) is 4.74 Å². The molecule has 0 radical (unpaired) electrons. The molecule has 4 heterocycles. The summed E-state index contributed by atoms with van der Waals surface area (Å²) in [7, 11) is 1.65. The highest BCUT2D eigenvalue weighted by Gasteiger charge is 2.34. The van der Waals surface area contributed by atoms with Gasteiger partial charge in [0, 0.05) is 18.7 Å². The van der Waals surface area contributed by atoms with Gasteiger partial charge in [-0.05, 0) is 37.9 Å². The van der Waals surface area contributed by atoms with Gasteiger partial charge in [0.1, 0.15) is 5.82 Å². The number of nitrogens with zero attached hydrogens (tertiary/aromatic N) is 2. The molecule has 17 heavy (non-hydrogen) atoms. The molecule has 1 atom stereocenters. The van der Waals surface area contributed by atoms with Gasteiger partial charge in [-0.15, -0.1) is 0 Å². The Hall–Kier alpha value is -1.29. The van der Waals surface area contributed by atoms with Gasteiger partial charge in [-0.1, -0.05) is 6.07 Å². The summed E-state index contributed by atoms with van der Waals surface area (Å²) in [5.41, 5.74) is 0. The zero-order valence-electron chi connectivity index (χ0n) is 10.2. The van der Waals surface area contributed by atoms with E-state index in [9.17, 15) is 0 Å². The summed E-state index contributed by atoms with van der Waals surface area (Å²) >= 11 is 0. The van der Waals surface area contributed by atoms with Crippen LogP contribution in [0.25, 0.3) is 0 Å². The Labute approximate surface area is 102 Å². The van der Waals surface area contributed by atoms with E-state index in [1.165, 1.54) is 25.9 Å². The molecule has 2 bridgehead atoms. The Morgan fingerprint density at radius 2 is 2.18 bits per heavy atom. The van der Waals surface area contributed by atoms with Gasteiger partial charge in [0.2, 0.25) is 5.88 Å². The van der Waals surface area contributed by atoms with Crippen LogP contribution in [0.3, 0.4) is 0 Å². The normalized spacial score (nSPS) is 31.2. The van der Waals surface area contributed by atoms with Gasteiger partial charge < -0.3 is 15.0 Å². The maximum Gasteiger partial charge on any atom is 0.214 e. The average Bonchev–Trinajstić information content (AvgIpc) is 2.40. The summed E-state index contributed by atoms with van der Waals surface area (Å²) in [5, 5.41) is 3.55. The minimum Gasteiger partial charge on any atom is -0.481 e. The van der Waals surface area contributed by atoms with Gasteiger partial charge in [-0.3, -0.25) is 0 Å². The third kappa shape index (κ3) is 2.22. The van der Waals surface area contributed by atoms with Crippen LogP contribution in [0, 0.1) is 5.92 Å². The van der Waals surface area contributed by atoms with Crippen molar-refractivity contribution < 1.29 is 4.74 Å². The molecule has 4 nitrogen and oxygen atoms in total. The first-order valence-electron chi connectivity index (χ1n) is 6.35. The predicted octanol–water partition coefficient (Wildman–Crippen LogP) is 1.60. The van der Waals surface area contributed by atoms with Crippen molar-refractivity contribution in [3.63, 3.8) is 0 Å². The smallest absolute Gasteiger partial charge is 0.214 e. The third-order valence-electron chi connectivity index (χ3n) is 3.92. The topological polar surface area (TPSA) is 37.4 Å². The lowest BCUT2D eigenvalue weighted by atomic mass is 9.84. The van der Waals surface area contributed by atoms with E-state index in [2.05, 4.69) is 15.2 Å². The highest BCUT2D eigenvalue weighted by molar-refractivity contribution is 5.38. The first-order valence-corrected chi connectivity index (χ1v) is 6.35. The zero-order chi connectivity index (χ0) is 11.7. The van der Waals surface area contributed by atoms with Crippen LogP contribution in [0.5, 0.6) is 5.88 Å². The number of aromatic nitrogens is 1. The van der Waals surface area contributed by atoms with Crippen molar-refractivity contribution in [1.82, 2.24) is 9.88 Å². The van der Waals surface area contributed by atoms with Crippen LogP contribution in [-0.4, -0.2) is 42.7 Å². The van der Waals surface area contributed by atoms with Crippen LogP contribution < -0.4 is 10.1 Å². The quantitative estimate of drug-likeness (QED) is 0.860. The fourth-order valence-electron chi connectivity index (χ4n) is 2.93. The second-order valence-corrected chi connectivity index (χ2v) is 4.95.